The monoisotopic (exact) mass is 465 g/mol. The molecule has 8 heteroatoms. The zero-order chi connectivity index (χ0) is 24.1. The molecule has 4 rings (SSSR count). The number of hydrogen-bond acceptors (Lipinski definition) is 8. The van der Waals surface area contributed by atoms with E-state index in [1.54, 1.807) is 19.9 Å². The maximum Gasteiger partial charge on any atom is 0.337 e. The summed E-state index contributed by atoms with van der Waals surface area (Å²) in [6.07, 6.45) is 4.18. The van der Waals surface area contributed by atoms with Gasteiger partial charge in [-0.1, -0.05) is 36.4 Å². The van der Waals surface area contributed by atoms with Crippen LogP contribution in [0.2, 0.25) is 0 Å². The molecule has 0 aromatic heterocycles. The lowest BCUT2D eigenvalue weighted by Crippen LogP contribution is -2.44. The molecule has 0 N–H and O–H groups in total. The van der Waals surface area contributed by atoms with Crippen LogP contribution in [0, 0.1) is 5.92 Å². The summed E-state index contributed by atoms with van der Waals surface area (Å²) in [5.41, 5.74) is 2.62. The lowest BCUT2D eigenvalue weighted by atomic mass is 9.90. The Hall–Kier alpha value is -3.39. The quantitative estimate of drug-likeness (QED) is 0.452. The molecule has 0 amide bonds. The van der Waals surface area contributed by atoms with Crippen molar-refractivity contribution in [3.8, 4) is 0 Å². The number of carbonyl (C=O) groups is 2. The number of hydrazone groups is 1. The maximum absolute atomic E-state index is 13.3. The van der Waals surface area contributed by atoms with E-state index in [4.69, 9.17) is 19.3 Å². The first-order chi connectivity index (χ1) is 16.6. The average molecular weight is 466 g/mol. The van der Waals surface area contributed by atoms with E-state index >= 15 is 0 Å². The van der Waals surface area contributed by atoms with Crippen LogP contribution in [0.25, 0.3) is 5.57 Å². The Morgan fingerprint density at radius 1 is 1.15 bits per heavy atom. The number of rotatable bonds is 7. The molecule has 0 aliphatic carbocycles. The van der Waals surface area contributed by atoms with Gasteiger partial charge in [0.05, 0.1) is 43.7 Å². The van der Waals surface area contributed by atoms with Crippen LogP contribution in [0.5, 0.6) is 0 Å². The van der Waals surface area contributed by atoms with Crippen LogP contribution < -0.4 is 0 Å². The van der Waals surface area contributed by atoms with E-state index in [2.05, 4.69) is 11.5 Å². The van der Waals surface area contributed by atoms with Crippen molar-refractivity contribution < 1.29 is 23.8 Å². The Morgan fingerprint density at radius 3 is 2.50 bits per heavy atom. The standard InChI is InChI=1S/C26H31N3O5/c1-4-10-20-22(25(30)33-5-2)23(26(31)34-6-3)24-19(18-11-8-7-9-12-18)17-21(27-29(20)24)28-13-15-32-16-14-28/h4,7-9,11-12,17,20,22H,1,5-6,10,13-16H2,2-3H3. The summed E-state index contributed by atoms with van der Waals surface area (Å²) in [5, 5.41) is 6.76. The fourth-order valence-corrected chi connectivity index (χ4v) is 4.63. The van der Waals surface area contributed by atoms with E-state index in [1.807, 2.05) is 41.4 Å². The van der Waals surface area contributed by atoms with Gasteiger partial charge in [0, 0.05) is 18.7 Å². The highest BCUT2D eigenvalue weighted by atomic mass is 16.5. The van der Waals surface area contributed by atoms with Crippen LogP contribution in [0.3, 0.4) is 0 Å². The lowest BCUT2D eigenvalue weighted by molar-refractivity contribution is -0.151. The fraction of sp³-hybridized carbons (Fsp3) is 0.423. The zero-order valence-electron chi connectivity index (χ0n) is 19.7. The van der Waals surface area contributed by atoms with E-state index in [-0.39, 0.29) is 18.8 Å². The van der Waals surface area contributed by atoms with Crippen molar-refractivity contribution in [1.82, 2.24) is 9.91 Å². The number of esters is 2. The molecule has 8 nitrogen and oxygen atoms in total. The molecule has 2 atom stereocenters. The normalized spacial score (nSPS) is 22.1. The third-order valence-corrected chi connectivity index (χ3v) is 6.10. The van der Waals surface area contributed by atoms with Crippen LogP contribution in [0.4, 0.5) is 0 Å². The summed E-state index contributed by atoms with van der Waals surface area (Å²) in [5.74, 6) is -1.06. The topological polar surface area (TPSA) is 80.7 Å². The number of benzene rings is 1. The molecule has 3 heterocycles. The molecule has 34 heavy (non-hydrogen) atoms. The summed E-state index contributed by atoms with van der Waals surface area (Å²) in [6, 6.07) is 9.37. The first-order valence-corrected chi connectivity index (χ1v) is 11.8. The molecule has 0 saturated carbocycles. The second-order valence-electron chi connectivity index (χ2n) is 8.13. The number of morpholine rings is 1. The Labute approximate surface area is 200 Å². The Morgan fingerprint density at radius 2 is 1.85 bits per heavy atom. The van der Waals surface area contributed by atoms with Gasteiger partial charge < -0.3 is 19.1 Å². The number of amidine groups is 1. The molecule has 0 bridgehead atoms. The van der Waals surface area contributed by atoms with Gasteiger partial charge in [-0.3, -0.25) is 9.80 Å². The van der Waals surface area contributed by atoms with E-state index in [1.165, 1.54) is 0 Å². The van der Waals surface area contributed by atoms with Crippen molar-refractivity contribution >= 4 is 23.3 Å². The minimum Gasteiger partial charge on any atom is -0.465 e. The van der Waals surface area contributed by atoms with E-state index in [0.717, 1.165) is 17.0 Å². The third kappa shape index (κ3) is 4.50. The largest absolute Gasteiger partial charge is 0.465 e. The van der Waals surface area contributed by atoms with Crippen molar-refractivity contribution in [2.45, 2.75) is 26.3 Å². The number of ether oxygens (including phenoxy) is 3. The van der Waals surface area contributed by atoms with Gasteiger partial charge in [0.15, 0.2) is 0 Å². The molecule has 3 aliphatic heterocycles. The minimum absolute atomic E-state index is 0.198. The van der Waals surface area contributed by atoms with Gasteiger partial charge in [-0.05, 0) is 31.9 Å². The molecule has 1 aromatic carbocycles. The molecule has 180 valence electrons. The molecule has 1 aromatic rings. The van der Waals surface area contributed by atoms with Crippen LogP contribution in [-0.4, -0.2) is 73.2 Å². The zero-order valence-corrected chi connectivity index (χ0v) is 19.7. The molecular weight excluding hydrogens is 434 g/mol. The summed E-state index contributed by atoms with van der Waals surface area (Å²) >= 11 is 0. The number of nitrogens with zero attached hydrogens (tertiary/aromatic N) is 3. The Balaban J connectivity index is 1.92. The third-order valence-electron chi connectivity index (χ3n) is 6.10. The number of carbonyl (C=O) groups excluding carboxylic acids is 2. The van der Waals surface area contributed by atoms with Crippen molar-refractivity contribution in [1.29, 1.82) is 0 Å². The van der Waals surface area contributed by atoms with Crippen LogP contribution >= 0.6 is 0 Å². The first kappa shape index (κ1) is 23.8. The summed E-state index contributed by atoms with van der Waals surface area (Å²) in [6.45, 7) is 10.5. The van der Waals surface area contributed by atoms with Gasteiger partial charge in [-0.25, -0.2) is 4.79 Å². The van der Waals surface area contributed by atoms with Crippen molar-refractivity contribution in [2.75, 3.05) is 39.5 Å². The molecule has 1 fully saturated rings. The predicted octanol–water partition coefficient (Wildman–Crippen LogP) is 2.99. The lowest BCUT2D eigenvalue weighted by Gasteiger charge is -2.35. The van der Waals surface area contributed by atoms with Gasteiger partial charge in [0.2, 0.25) is 0 Å². The van der Waals surface area contributed by atoms with Gasteiger partial charge in [0.25, 0.3) is 0 Å². The van der Waals surface area contributed by atoms with Crippen LogP contribution in [-0.2, 0) is 23.8 Å². The van der Waals surface area contributed by atoms with Crippen molar-refractivity contribution in [3.05, 3.63) is 65.9 Å². The van der Waals surface area contributed by atoms with Crippen LogP contribution in [0.15, 0.2) is 65.4 Å². The highest BCUT2D eigenvalue weighted by Crippen LogP contribution is 2.45. The molecule has 0 spiro atoms. The number of fused-ring (bicyclic) bond motifs is 1. The Kier molecular flexibility index (Phi) is 7.47. The second kappa shape index (κ2) is 10.7. The highest BCUT2D eigenvalue weighted by Gasteiger charge is 2.51. The van der Waals surface area contributed by atoms with Gasteiger partial charge in [0.1, 0.15) is 11.8 Å². The molecule has 1 saturated heterocycles. The minimum atomic E-state index is -0.841. The van der Waals surface area contributed by atoms with E-state index in [0.29, 0.717) is 38.4 Å². The summed E-state index contributed by atoms with van der Waals surface area (Å²) in [7, 11) is 0. The second-order valence-corrected chi connectivity index (χ2v) is 8.13. The van der Waals surface area contributed by atoms with E-state index in [9.17, 15) is 9.59 Å². The fourth-order valence-electron chi connectivity index (χ4n) is 4.63. The van der Waals surface area contributed by atoms with E-state index < -0.39 is 23.9 Å². The smallest absolute Gasteiger partial charge is 0.337 e. The number of allylic oxidation sites excluding steroid dienone is 1. The number of hydrogen-bond donors (Lipinski definition) is 0. The summed E-state index contributed by atoms with van der Waals surface area (Å²) < 4.78 is 16.4. The molecule has 2 unspecified atom stereocenters. The SMILES string of the molecule is C=CCC1C(C(=O)OCC)C(C(=O)OCC)=C2C(c3ccccc3)=CC(N3CCOCC3)=NN21. The molecule has 3 aliphatic rings. The summed E-state index contributed by atoms with van der Waals surface area (Å²) in [4.78, 5) is 28.6. The van der Waals surface area contributed by atoms with Gasteiger partial charge in [-0.15, -0.1) is 6.58 Å². The van der Waals surface area contributed by atoms with Crippen molar-refractivity contribution in [3.63, 3.8) is 0 Å². The highest BCUT2D eigenvalue weighted by molar-refractivity contribution is 6.08. The molecule has 0 radical (unpaired) electrons. The van der Waals surface area contributed by atoms with Crippen molar-refractivity contribution in [2.24, 2.45) is 11.0 Å². The van der Waals surface area contributed by atoms with Crippen LogP contribution in [0.1, 0.15) is 25.8 Å². The Bertz CT molecular complexity index is 1020. The van der Waals surface area contributed by atoms with Gasteiger partial charge in [-0.2, -0.15) is 5.10 Å². The molecular formula is C26H31N3O5. The predicted molar refractivity (Wildman–Crippen MR) is 128 cm³/mol. The average Bonchev–Trinajstić information content (AvgIpc) is 3.19. The van der Waals surface area contributed by atoms with Gasteiger partial charge >= 0.3 is 11.9 Å². The first-order valence-electron chi connectivity index (χ1n) is 11.8. The maximum atomic E-state index is 13.3.